The Hall–Kier alpha value is -1.50. The number of hydrogen-bond donors (Lipinski definition) is 1. The van der Waals surface area contributed by atoms with Crippen LogP contribution < -0.4 is 0 Å². The van der Waals surface area contributed by atoms with Crippen LogP contribution in [0.2, 0.25) is 0 Å². The van der Waals surface area contributed by atoms with Gasteiger partial charge in [0, 0.05) is 18.8 Å². The van der Waals surface area contributed by atoms with Crippen molar-refractivity contribution < 1.29 is 5.11 Å². The molecule has 0 radical (unpaired) electrons. The van der Waals surface area contributed by atoms with Gasteiger partial charge in [0.05, 0.1) is 12.8 Å². The van der Waals surface area contributed by atoms with Gasteiger partial charge in [0.25, 0.3) is 0 Å². The van der Waals surface area contributed by atoms with Crippen molar-refractivity contribution in [1.29, 1.82) is 0 Å². The van der Waals surface area contributed by atoms with E-state index in [1.807, 2.05) is 28.3 Å². The quantitative estimate of drug-likeness (QED) is 0.883. The summed E-state index contributed by atoms with van der Waals surface area (Å²) < 4.78 is 4.55. The molecule has 0 aliphatic carbocycles. The zero-order valence-electron chi connectivity index (χ0n) is 13.1. The van der Waals surface area contributed by atoms with Crippen LogP contribution in [0.4, 0.5) is 0 Å². The Morgan fingerprint density at radius 2 is 2.18 bits per heavy atom. The molecule has 1 aromatic heterocycles. The highest BCUT2D eigenvalue weighted by molar-refractivity contribution is 7.71. The summed E-state index contributed by atoms with van der Waals surface area (Å²) in [4.78, 5) is 2.21. The molecule has 2 aromatic rings. The van der Waals surface area contributed by atoms with E-state index in [4.69, 9.17) is 12.2 Å². The van der Waals surface area contributed by atoms with Crippen molar-refractivity contribution in [2.45, 2.75) is 39.5 Å². The summed E-state index contributed by atoms with van der Waals surface area (Å²) in [6.45, 7) is 6.35. The van der Waals surface area contributed by atoms with Gasteiger partial charge in [-0.25, -0.2) is 4.68 Å². The molecule has 1 atom stereocenters. The van der Waals surface area contributed by atoms with Crippen LogP contribution in [0, 0.1) is 18.6 Å². The molecule has 22 heavy (non-hydrogen) atoms. The minimum atomic E-state index is -0.233. The molecule has 0 bridgehead atoms. The second kappa shape index (κ2) is 6.32. The maximum atomic E-state index is 9.79. The Morgan fingerprint density at radius 3 is 2.91 bits per heavy atom. The van der Waals surface area contributed by atoms with E-state index in [2.05, 4.69) is 29.1 Å². The molecule has 6 heteroatoms. The van der Waals surface area contributed by atoms with Crippen molar-refractivity contribution in [3.05, 3.63) is 40.4 Å². The van der Waals surface area contributed by atoms with Crippen LogP contribution in [-0.2, 0) is 6.67 Å². The molecule has 2 heterocycles. The molecule has 1 N–H and O–H groups in total. The number of hydrogen-bond acceptors (Lipinski definition) is 4. The molecule has 0 amide bonds. The summed E-state index contributed by atoms with van der Waals surface area (Å²) in [6.07, 6.45) is 1.67. The Kier molecular flexibility index (Phi) is 4.42. The molecule has 0 spiro atoms. The first-order valence-corrected chi connectivity index (χ1v) is 8.09. The lowest BCUT2D eigenvalue weighted by Gasteiger charge is -2.29. The molecular formula is C16H22N4OS. The second-order valence-electron chi connectivity index (χ2n) is 6.02. The maximum Gasteiger partial charge on any atom is 0.203 e. The average Bonchev–Trinajstić information content (AvgIpc) is 2.73. The summed E-state index contributed by atoms with van der Waals surface area (Å²) >= 11 is 5.61. The summed E-state index contributed by atoms with van der Waals surface area (Å²) in [5.74, 6) is 0.883. The maximum absolute atomic E-state index is 9.79. The fraction of sp³-hybridized carbons (Fsp3) is 0.500. The number of likely N-dealkylation sites (tertiary alicyclic amines) is 1. The van der Waals surface area contributed by atoms with Crippen LogP contribution in [-0.4, -0.2) is 43.5 Å². The zero-order valence-corrected chi connectivity index (χ0v) is 13.9. The highest BCUT2D eigenvalue weighted by Crippen LogP contribution is 2.15. The Labute approximate surface area is 135 Å². The number of piperidine rings is 1. The van der Waals surface area contributed by atoms with E-state index in [-0.39, 0.29) is 6.10 Å². The second-order valence-corrected chi connectivity index (χ2v) is 6.38. The molecule has 0 saturated carbocycles. The molecule has 5 nitrogen and oxygen atoms in total. The largest absolute Gasteiger partial charge is 0.392 e. The van der Waals surface area contributed by atoms with Crippen molar-refractivity contribution in [3.63, 3.8) is 0 Å². The monoisotopic (exact) mass is 318 g/mol. The minimum absolute atomic E-state index is 0.233. The standard InChI is InChI=1S/C16H22N4OS/c1-12-5-3-6-14(9-12)20-13(2)17-19(16(20)22)11-18-8-4-7-15(21)10-18/h3,5-6,9,15,21H,4,7-8,10-11H2,1-2H3/t15-/m0/s1. The minimum Gasteiger partial charge on any atom is -0.392 e. The molecule has 118 valence electrons. The van der Waals surface area contributed by atoms with E-state index in [1.54, 1.807) is 0 Å². The number of aryl methyl sites for hydroxylation is 2. The normalized spacial score (nSPS) is 19.5. The molecule has 3 rings (SSSR count). The first-order chi connectivity index (χ1) is 10.5. The van der Waals surface area contributed by atoms with Crippen LogP contribution in [0.25, 0.3) is 5.69 Å². The van der Waals surface area contributed by atoms with Crippen molar-refractivity contribution in [2.24, 2.45) is 0 Å². The van der Waals surface area contributed by atoms with Gasteiger partial charge in [0.1, 0.15) is 5.82 Å². The Balaban J connectivity index is 1.89. The zero-order chi connectivity index (χ0) is 15.7. The number of aromatic nitrogens is 3. The first kappa shape index (κ1) is 15.4. The smallest absolute Gasteiger partial charge is 0.203 e. The SMILES string of the molecule is Cc1cccc(-n2c(C)nn(CN3CCC[C@H](O)C3)c2=S)c1. The predicted molar refractivity (Wildman–Crippen MR) is 88.7 cm³/mol. The van der Waals surface area contributed by atoms with E-state index in [0.717, 1.165) is 30.9 Å². The van der Waals surface area contributed by atoms with Gasteiger partial charge in [-0.05, 0) is 56.6 Å². The number of nitrogens with zero attached hydrogens (tertiary/aromatic N) is 4. The topological polar surface area (TPSA) is 46.2 Å². The van der Waals surface area contributed by atoms with Crippen molar-refractivity contribution in [2.75, 3.05) is 13.1 Å². The summed E-state index contributed by atoms with van der Waals surface area (Å²) in [6, 6.07) is 8.26. The number of aliphatic hydroxyl groups is 1. The Morgan fingerprint density at radius 1 is 1.36 bits per heavy atom. The fourth-order valence-corrected chi connectivity index (χ4v) is 3.36. The molecule has 1 saturated heterocycles. The average molecular weight is 318 g/mol. The van der Waals surface area contributed by atoms with Crippen LogP contribution in [0.3, 0.4) is 0 Å². The van der Waals surface area contributed by atoms with Gasteiger partial charge in [0.2, 0.25) is 4.77 Å². The lowest BCUT2D eigenvalue weighted by Crippen LogP contribution is -2.39. The number of benzene rings is 1. The fourth-order valence-electron chi connectivity index (χ4n) is 3.02. The molecular weight excluding hydrogens is 296 g/mol. The molecule has 1 aliphatic heterocycles. The third-order valence-corrected chi connectivity index (χ3v) is 4.47. The summed E-state index contributed by atoms with van der Waals surface area (Å²) in [5.41, 5.74) is 2.25. The van der Waals surface area contributed by atoms with Gasteiger partial charge in [-0.1, -0.05) is 12.1 Å². The van der Waals surface area contributed by atoms with Crippen molar-refractivity contribution in [3.8, 4) is 5.69 Å². The third-order valence-electron chi connectivity index (χ3n) is 4.08. The molecule has 0 unspecified atom stereocenters. The van der Waals surface area contributed by atoms with Gasteiger partial charge < -0.3 is 5.11 Å². The highest BCUT2D eigenvalue weighted by Gasteiger charge is 2.19. The summed E-state index contributed by atoms with van der Waals surface area (Å²) in [5, 5.41) is 14.4. The van der Waals surface area contributed by atoms with E-state index < -0.39 is 0 Å². The van der Waals surface area contributed by atoms with Gasteiger partial charge in [-0.2, -0.15) is 5.10 Å². The highest BCUT2D eigenvalue weighted by atomic mass is 32.1. The van der Waals surface area contributed by atoms with Crippen LogP contribution in [0.1, 0.15) is 24.2 Å². The first-order valence-electron chi connectivity index (χ1n) is 7.68. The molecule has 1 aliphatic rings. The number of aliphatic hydroxyl groups excluding tert-OH is 1. The van der Waals surface area contributed by atoms with E-state index in [0.29, 0.717) is 18.0 Å². The van der Waals surface area contributed by atoms with E-state index >= 15 is 0 Å². The molecule has 1 aromatic carbocycles. The van der Waals surface area contributed by atoms with Crippen LogP contribution in [0.15, 0.2) is 24.3 Å². The lowest BCUT2D eigenvalue weighted by atomic mass is 10.1. The van der Waals surface area contributed by atoms with E-state index in [9.17, 15) is 5.11 Å². The number of β-amino-alcohol motifs (C(OH)–C–C–N with tert-alkyl or cyclic N) is 1. The molecule has 1 fully saturated rings. The van der Waals surface area contributed by atoms with Gasteiger partial charge in [-0.3, -0.25) is 9.47 Å². The van der Waals surface area contributed by atoms with Crippen molar-refractivity contribution in [1.82, 2.24) is 19.2 Å². The van der Waals surface area contributed by atoms with Crippen LogP contribution >= 0.6 is 12.2 Å². The van der Waals surface area contributed by atoms with Gasteiger partial charge >= 0.3 is 0 Å². The van der Waals surface area contributed by atoms with Gasteiger partial charge in [0.15, 0.2) is 0 Å². The Bertz CT molecular complexity index is 721. The third kappa shape index (κ3) is 3.14. The summed E-state index contributed by atoms with van der Waals surface area (Å²) in [7, 11) is 0. The van der Waals surface area contributed by atoms with E-state index in [1.165, 1.54) is 5.56 Å². The predicted octanol–water partition coefficient (Wildman–Crippen LogP) is 2.43. The van der Waals surface area contributed by atoms with Crippen molar-refractivity contribution >= 4 is 12.2 Å². The number of rotatable bonds is 3. The van der Waals surface area contributed by atoms with Gasteiger partial charge in [-0.15, -0.1) is 0 Å². The lowest BCUT2D eigenvalue weighted by molar-refractivity contribution is 0.0512. The van der Waals surface area contributed by atoms with Crippen LogP contribution in [0.5, 0.6) is 0 Å².